The van der Waals surface area contributed by atoms with Gasteiger partial charge in [-0.1, -0.05) is 5.21 Å². The minimum Gasteiger partial charge on any atom is -0.461 e. The number of azide groups is 1. The smallest absolute Gasteiger partial charge is 0.360 e. The van der Waals surface area contributed by atoms with Crippen LogP contribution in [0.15, 0.2) is 9.74 Å². The molecule has 2 heterocycles. The van der Waals surface area contributed by atoms with Crippen molar-refractivity contribution in [3.8, 4) is 5.82 Å². The summed E-state index contributed by atoms with van der Waals surface area (Å²) in [5, 5.41) is 17.6. The lowest BCUT2D eigenvalue weighted by Crippen LogP contribution is -2.08. The third-order valence-corrected chi connectivity index (χ3v) is 2.16. The van der Waals surface area contributed by atoms with Crippen LogP contribution in [-0.4, -0.2) is 37.9 Å². The molecule has 0 fully saturated rings. The number of ether oxygens (including phenoxy) is 1. The molecule has 0 aliphatic carbocycles. The summed E-state index contributed by atoms with van der Waals surface area (Å²) in [6.45, 7) is 3.49. The first kappa shape index (κ1) is 12.5. The van der Waals surface area contributed by atoms with E-state index >= 15 is 0 Å². The van der Waals surface area contributed by atoms with Crippen molar-refractivity contribution in [1.29, 1.82) is 0 Å². The summed E-state index contributed by atoms with van der Waals surface area (Å²) in [5.74, 6) is -0.669. The predicted molar refractivity (Wildman–Crippen MR) is 58.7 cm³/mol. The fraction of sp³-hybridized carbons (Fsp3) is 0.375. The Morgan fingerprint density at radius 1 is 1.58 bits per heavy atom. The van der Waals surface area contributed by atoms with Gasteiger partial charge in [-0.05, 0) is 34.8 Å². The molecule has 2 aromatic heterocycles. The summed E-state index contributed by atoms with van der Waals surface area (Å²) in [6.07, 6.45) is 0. The Morgan fingerprint density at radius 3 is 3.05 bits per heavy atom. The van der Waals surface area contributed by atoms with Crippen molar-refractivity contribution in [2.24, 2.45) is 5.11 Å². The molecule has 2 aromatic rings. The van der Waals surface area contributed by atoms with E-state index in [1.54, 1.807) is 13.8 Å². The van der Waals surface area contributed by atoms with E-state index in [4.69, 9.17) is 10.3 Å². The first-order valence-corrected chi connectivity index (χ1v) is 5.16. The molecule has 0 N–H and O–H groups in total. The molecule has 0 spiro atoms. The average Bonchev–Trinajstić information content (AvgIpc) is 2.96. The van der Waals surface area contributed by atoms with Gasteiger partial charge in [0, 0.05) is 4.91 Å². The minimum atomic E-state index is -0.604. The van der Waals surface area contributed by atoms with Gasteiger partial charge < -0.3 is 4.74 Å². The van der Waals surface area contributed by atoms with Crippen LogP contribution in [0.5, 0.6) is 0 Å². The lowest BCUT2D eigenvalue weighted by Gasteiger charge is -1.99. The fourth-order valence-electron chi connectivity index (χ4n) is 1.34. The zero-order chi connectivity index (χ0) is 13.8. The van der Waals surface area contributed by atoms with Gasteiger partial charge in [-0.2, -0.15) is 4.68 Å². The van der Waals surface area contributed by atoms with Gasteiger partial charge in [0.15, 0.2) is 5.69 Å². The lowest BCUT2D eigenvalue weighted by atomic mass is 10.3. The Kier molecular flexibility index (Phi) is 3.39. The number of carbonyl (C=O) groups excluding carboxylic acids is 1. The van der Waals surface area contributed by atoms with Gasteiger partial charge in [0.2, 0.25) is 11.6 Å². The molecule has 0 bridgehead atoms. The average molecular weight is 264 g/mol. The highest BCUT2D eigenvalue weighted by Crippen LogP contribution is 2.20. The largest absolute Gasteiger partial charge is 0.461 e. The van der Waals surface area contributed by atoms with Crippen LogP contribution in [0.1, 0.15) is 23.1 Å². The highest BCUT2D eigenvalue weighted by atomic mass is 16.6. The Labute approximate surface area is 105 Å². The van der Waals surface area contributed by atoms with E-state index in [-0.39, 0.29) is 23.9 Å². The molecule has 0 amide bonds. The normalized spacial score (nSPS) is 10.0. The first-order chi connectivity index (χ1) is 9.19. The number of aromatic nitrogens is 5. The SMILES string of the molecule is CCOC(=O)c1nnn(-c2nonc2N=[N+]=[N-])c1C. The highest BCUT2D eigenvalue weighted by molar-refractivity contribution is 5.88. The summed E-state index contributed by atoms with van der Waals surface area (Å²) < 4.78 is 10.4. The molecule has 0 aliphatic rings. The van der Waals surface area contributed by atoms with Crippen molar-refractivity contribution < 1.29 is 14.2 Å². The van der Waals surface area contributed by atoms with E-state index in [0.29, 0.717) is 5.69 Å². The maximum absolute atomic E-state index is 11.6. The monoisotopic (exact) mass is 264 g/mol. The third kappa shape index (κ3) is 2.21. The highest BCUT2D eigenvalue weighted by Gasteiger charge is 2.21. The summed E-state index contributed by atoms with van der Waals surface area (Å²) in [5.41, 5.74) is 8.77. The third-order valence-electron chi connectivity index (χ3n) is 2.16. The van der Waals surface area contributed by atoms with Crippen LogP contribution in [0.25, 0.3) is 16.3 Å². The second-order valence-electron chi connectivity index (χ2n) is 3.26. The van der Waals surface area contributed by atoms with E-state index in [2.05, 4.69) is 35.3 Å². The van der Waals surface area contributed by atoms with Gasteiger partial charge >= 0.3 is 5.97 Å². The molecular formula is C8H8N8O3. The maximum atomic E-state index is 11.6. The van der Waals surface area contributed by atoms with Crippen LogP contribution >= 0.6 is 0 Å². The lowest BCUT2D eigenvalue weighted by molar-refractivity contribution is 0.0518. The molecule has 11 nitrogen and oxygen atoms in total. The zero-order valence-electron chi connectivity index (χ0n) is 10.0. The summed E-state index contributed by atoms with van der Waals surface area (Å²) in [7, 11) is 0. The first-order valence-electron chi connectivity index (χ1n) is 5.16. The summed E-state index contributed by atoms with van der Waals surface area (Å²) in [4.78, 5) is 14.2. The maximum Gasteiger partial charge on any atom is 0.360 e. The molecule has 0 saturated carbocycles. The van der Waals surface area contributed by atoms with E-state index in [0.717, 1.165) is 0 Å². The van der Waals surface area contributed by atoms with Crippen LogP contribution in [-0.2, 0) is 4.74 Å². The van der Waals surface area contributed by atoms with E-state index in [1.165, 1.54) is 4.68 Å². The Hall–Kier alpha value is -2.94. The predicted octanol–water partition coefficient (Wildman–Crippen LogP) is 1.08. The van der Waals surface area contributed by atoms with Gasteiger partial charge in [0.05, 0.1) is 12.3 Å². The number of carbonyl (C=O) groups is 1. The quantitative estimate of drug-likeness (QED) is 0.347. The Morgan fingerprint density at radius 2 is 2.37 bits per heavy atom. The molecule has 0 unspecified atom stereocenters. The van der Waals surface area contributed by atoms with Gasteiger partial charge in [-0.3, -0.25) is 0 Å². The Bertz CT molecular complexity index is 653. The van der Waals surface area contributed by atoms with Crippen LogP contribution in [0.2, 0.25) is 0 Å². The van der Waals surface area contributed by atoms with Crippen molar-refractivity contribution in [3.63, 3.8) is 0 Å². The molecular weight excluding hydrogens is 256 g/mol. The standard InChI is InChI=1S/C8H8N8O3/c1-3-18-8(17)5-4(2)16(15-10-5)7-6(11-14-9)12-19-13-7/h3H2,1-2H3. The molecule has 2 rings (SSSR count). The number of hydrogen-bond acceptors (Lipinski definition) is 8. The van der Waals surface area contributed by atoms with Crippen molar-refractivity contribution in [2.75, 3.05) is 6.61 Å². The number of hydrogen-bond donors (Lipinski definition) is 0. The van der Waals surface area contributed by atoms with Gasteiger partial charge in [-0.25, -0.2) is 9.42 Å². The van der Waals surface area contributed by atoms with Gasteiger partial charge in [-0.15, -0.1) is 5.10 Å². The molecule has 0 radical (unpaired) electrons. The summed E-state index contributed by atoms with van der Waals surface area (Å²) in [6, 6.07) is 0. The number of esters is 1. The van der Waals surface area contributed by atoms with Crippen LogP contribution in [0.4, 0.5) is 5.82 Å². The van der Waals surface area contributed by atoms with Crippen molar-refractivity contribution in [1.82, 2.24) is 25.3 Å². The topological polar surface area (TPSA) is 145 Å². The number of nitrogens with zero attached hydrogens (tertiary/aromatic N) is 8. The second-order valence-corrected chi connectivity index (χ2v) is 3.26. The van der Waals surface area contributed by atoms with Gasteiger partial charge in [0.1, 0.15) is 0 Å². The fourth-order valence-corrected chi connectivity index (χ4v) is 1.34. The summed E-state index contributed by atoms with van der Waals surface area (Å²) >= 11 is 0. The Balaban J connectivity index is 2.44. The van der Waals surface area contributed by atoms with Crippen LogP contribution in [0.3, 0.4) is 0 Å². The molecule has 0 saturated heterocycles. The van der Waals surface area contributed by atoms with Crippen molar-refractivity contribution in [3.05, 3.63) is 21.8 Å². The molecule has 0 aromatic carbocycles. The number of rotatable bonds is 4. The van der Waals surface area contributed by atoms with Crippen LogP contribution in [0, 0.1) is 6.92 Å². The van der Waals surface area contributed by atoms with E-state index in [1.807, 2.05) is 0 Å². The molecule has 0 aliphatic heterocycles. The van der Waals surface area contributed by atoms with Crippen molar-refractivity contribution in [2.45, 2.75) is 13.8 Å². The van der Waals surface area contributed by atoms with Crippen molar-refractivity contribution >= 4 is 11.8 Å². The van der Waals surface area contributed by atoms with Gasteiger partial charge in [0.25, 0.3) is 0 Å². The van der Waals surface area contributed by atoms with E-state index in [9.17, 15) is 4.79 Å². The molecule has 98 valence electrons. The van der Waals surface area contributed by atoms with Crippen LogP contribution < -0.4 is 0 Å². The molecule has 0 atom stereocenters. The minimum absolute atomic E-state index is 0.0386. The van der Waals surface area contributed by atoms with E-state index < -0.39 is 5.97 Å². The molecule has 11 heteroatoms. The second kappa shape index (κ2) is 5.14. The molecule has 19 heavy (non-hydrogen) atoms. The zero-order valence-corrected chi connectivity index (χ0v) is 10.0.